The number of nitrogens with zero attached hydrogens (tertiary/aromatic N) is 2. The third kappa shape index (κ3) is 4.36. The molecular formula is C21H26ClN3O2. The Morgan fingerprint density at radius 2 is 1.89 bits per heavy atom. The maximum Gasteiger partial charge on any atom is 0.239 e. The minimum atomic E-state index is 0.00356. The molecule has 144 valence electrons. The molecule has 1 saturated carbocycles. The van der Waals surface area contributed by atoms with E-state index in [4.69, 9.17) is 16.1 Å². The number of anilines is 1. The van der Waals surface area contributed by atoms with Gasteiger partial charge in [-0.15, -0.1) is 0 Å². The second-order valence-corrected chi connectivity index (χ2v) is 8.13. The number of benzene rings is 1. The van der Waals surface area contributed by atoms with Crippen LogP contribution in [-0.4, -0.2) is 35.1 Å². The lowest BCUT2D eigenvalue weighted by Gasteiger charge is -2.39. The van der Waals surface area contributed by atoms with Gasteiger partial charge in [0.05, 0.1) is 17.7 Å². The van der Waals surface area contributed by atoms with Gasteiger partial charge in [-0.25, -0.2) is 0 Å². The largest absolute Gasteiger partial charge is 0.338 e. The molecule has 1 saturated heterocycles. The van der Waals surface area contributed by atoms with Crippen molar-refractivity contribution in [2.24, 2.45) is 5.92 Å². The van der Waals surface area contributed by atoms with E-state index in [1.807, 2.05) is 24.3 Å². The van der Waals surface area contributed by atoms with E-state index in [9.17, 15) is 4.79 Å². The molecule has 1 N–H and O–H groups in total. The van der Waals surface area contributed by atoms with Crippen LogP contribution in [0.4, 0.5) is 5.88 Å². The first kappa shape index (κ1) is 18.5. The fraction of sp³-hybridized carbons (Fsp3) is 0.524. The Hall–Kier alpha value is -1.85. The van der Waals surface area contributed by atoms with Crippen LogP contribution >= 0.6 is 11.6 Å². The maximum absolute atomic E-state index is 12.9. The first-order valence-corrected chi connectivity index (χ1v) is 10.3. The van der Waals surface area contributed by atoms with E-state index in [0.717, 1.165) is 37.1 Å². The Kier molecular flexibility index (Phi) is 5.79. The van der Waals surface area contributed by atoms with Crippen LogP contribution in [0.15, 0.2) is 35.0 Å². The summed E-state index contributed by atoms with van der Waals surface area (Å²) in [5, 5.41) is 7.52. The number of halogens is 1. The minimum absolute atomic E-state index is 0.00356. The number of piperidine rings is 1. The molecule has 0 spiro atoms. The molecular weight excluding hydrogens is 362 g/mol. The SMILES string of the molecule is O=C(Nc1oncc1-c1ccc(Cl)cc1)C1CCCN(C2CCCCC2)C1. The predicted molar refractivity (Wildman–Crippen MR) is 107 cm³/mol. The van der Waals surface area contributed by atoms with Crippen LogP contribution < -0.4 is 5.32 Å². The summed E-state index contributed by atoms with van der Waals surface area (Å²) in [4.78, 5) is 15.4. The fourth-order valence-corrected chi connectivity index (χ4v) is 4.50. The molecule has 1 unspecified atom stereocenters. The van der Waals surface area contributed by atoms with Crippen molar-refractivity contribution in [2.45, 2.75) is 51.0 Å². The first-order valence-electron chi connectivity index (χ1n) is 9.96. The van der Waals surface area contributed by atoms with E-state index in [1.54, 1.807) is 6.20 Å². The van der Waals surface area contributed by atoms with Gasteiger partial charge in [-0.3, -0.25) is 15.0 Å². The van der Waals surface area contributed by atoms with Crippen molar-refractivity contribution < 1.29 is 9.32 Å². The molecule has 1 amide bonds. The molecule has 0 bridgehead atoms. The van der Waals surface area contributed by atoms with E-state index >= 15 is 0 Å². The molecule has 6 heteroatoms. The van der Waals surface area contributed by atoms with Crippen molar-refractivity contribution >= 4 is 23.4 Å². The number of carbonyl (C=O) groups is 1. The van der Waals surface area contributed by atoms with Gasteiger partial charge in [0.2, 0.25) is 11.8 Å². The number of aromatic nitrogens is 1. The lowest BCUT2D eigenvalue weighted by Crippen LogP contribution is -2.46. The summed E-state index contributed by atoms with van der Waals surface area (Å²) in [6.45, 7) is 1.97. The Bertz CT molecular complexity index is 768. The molecule has 2 fully saturated rings. The van der Waals surface area contributed by atoms with Crippen LogP contribution in [0, 0.1) is 5.92 Å². The summed E-state index contributed by atoms with van der Waals surface area (Å²) in [7, 11) is 0. The highest BCUT2D eigenvalue weighted by molar-refractivity contribution is 6.30. The van der Waals surface area contributed by atoms with Crippen molar-refractivity contribution in [1.29, 1.82) is 0 Å². The molecule has 5 nitrogen and oxygen atoms in total. The van der Waals surface area contributed by atoms with Crippen molar-refractivity contribution in [3.8, 4) is 11.1 Å². The molecule has 1 aliphatic carbocycles. The number of amides is 1. The smallest absolute Gasteiger partial charge is 0.239 e. The average Bonchev–Trinajstić information content (AvgIpc) is 3.17. The highest BCUT2D eigenvalue weighted by atomic mass is 35.5. The average molecular weight is 388 g/mol. The molecule has 1 aromatic carbocycles. The lowest BCUT2D eigenvalue weighted by atomic mass is 9.90. The van der Waals surface area contributed by atoms with E-state index < -0.39 is 0 Å². The van der Waals surface area contributed by atoms with Gasteiger partial charge in [0.1, 0.15) is 0 Å². The molecule has 2 aliphatic rings. The van der Waals surface area contributed by atoms with Gasteiger partial charge in [0.25, 0.3) is 0 Å². The van der Waals surface area contributed by atoms with Crippen LogP contribution in [0.3, 0.4) is 0 Å². The summed E-state index contributed by atoms with van der Waals surface area (Å²) in [6, 6.07) is 8.09. The second-order valence-electron chi connectivity index (χ2n) is 7.69. The third-order valence-electron chi connectivity index (χ3n) is 5.88. The van der Waals surface area contributed by atoms with Gasteiger partial charge in [0.15, 0.2) is 0 Å². The number of rotatable bonds is 4. The summed E-state index contributed by atoms with van der Waals surface area (Å²) >= 11 is 5.96. The Labute approximate surface area is 165 Å². The summed E-state index contributed by atoms with van der Waals surface area (Å²) in [5.41, 5.74) is 1.70. The maximum atomic E-state index is 12.9. The topological polar surface area (TPSA) is 58.4 Å². The van der Waals surface area contributed by atoms with Gasteiger partial charge >= 0.3 is 0 Å². The second kappa shape index (κ2) is 8.44. The van der Waals surface area contributed by atoms with Gasteiger partial charge < -0.3 is 4.52 Å². The minimum Gasteiger partial charge on any atom is -0.338 e. The summed E-state index contributed by atoms with van der Waals surface area (Å²) in [6.07, 6.45) is 10.2. The quantitative estimate of drug-likeness (QED) is 0.803. The lowest BCUT2D eigenvalue weighted by molar-refractivity contribution is -0.122. The van der Waals surface area contributed by atoms with Crippen molar-refractivity contribution in [3.63, 3.8) is 0 Å². The third-order valence-corrected chi connectivity index (χ3v) is 6.13. The highest BCUT2D eigenvalue weighted by Gasteiger charge is 2.31. The molecule has 2 heterocycles. The number of nitrogens with one attached hydrogen (secondary N) is 1. The molecule has 1 aromatic heterocycles. The number of carbonyl (C=O) groups excluding carboxylic acids is 1. The van der Waals surface area contributed by atoms with Gasteiger partial charge in [-0.1, -0.05) is 48.2 Å². The Morgan fingerprint density at radius 1 is 1.11 bits per heavy atom. The zero-order valence-corrected chi connectivity index (χ0v) is 16.3. The van der Waals surface area contributed by atoms with Crippen LogP contribution in [0.5, 0.6) is 0 Å². The molecule has 1 atom stereocenters. The van der Waals surface area contributed by atoms with Crippen molar-refractivity contribution in [2.75, 3.05) is 18.4 Å². The normalized spacial score (nSPS) is 21.9. The molecule has 1 aliphatic heterocycles. The zero-order chi connectivity index (χ0) is 18.6. The number of likely N-dealkylation sites (tertiary alicyclic amines) is 1. The summed E-state index contributed by atoms with van der Waals surface area (Å²) < 4.78 is 5.33. The molecule has 2 aromatic rings. The van der Waals surface area contributed by atoms with Crippen molar-refractivity contribution in [3.05, 3.63) is 35.5 Å². The molecule has 4 rings (SSSR count). The first-order chi connectivity index (χ1) is 13.2. The van der Waals surface area contributed by atoms with Crippen LogP contribution in [0.1, 0.15) is 44.9 Å². The Balaban J connectivity index is 1.42. The monoisotopic (exact) mass is 387 g/mol. The van der Waals surface area contributed by atoms with E-state index in [2.05, 4.69) is 15.4 Å². The van der Waals surface area contributed by atoms with E-state index in [1.165, 1.54) is 32.1 Å². The fourth-order valence-electron chi connectivity index (χ4n) is 4.38. The highest BCUT2D eigenvalue weighted by Crippen LogP contribution is 2.31. The van der Waals surface area contributed by atoms with Crippen LogP contribution in [0.2, 0.25) is 5.02 Å². The van der Waals surface area contributed by atoms with Gasteiger partial charge in [0, 0.05) is 17.6 Å². The van der Waals surface area contributed by atoms with E-state index in [0.29, 0.717) is 16.9 Å². The Morgan fingerprint density at radius 3 is 2.67 bits per heavy atom. The number of hydrogen-bond donors (Lipinski definition) is 1. The zero-order valence-electron chi connectivity index (χ0n) is 15.5. The van der Waals surface area contributed by atoms with Gasteiger partial charge in [-0.05, 0) is 49.9 Å². The molecule has 0 radical (unpaired) electrons. The number of hydrogen-bond acceptors (Lipinski definition) is 4. The van der Waals surface area contributed by atoms with E-state index in [-0.39, 0.29) is 11.8 Å². The van der Waals surface area contributed by atoms with Crippen LogP contribution in [0.25, 0.3) is 11.1 Å². The molecule has 27 heavy (non-hydrogen) atoms. The van der Waals surface area contributed by atoms with Crippen molar-refractivity contribution in [1.82, 2.24) is 10.1 Å². The van der Waals surface area contributed by atoms with Crippen LogP contribution in [-0.2, 0) is 4.79 Å². The standard InChI is InChI=1S/C21H26ClN3O2/c22-17-10-8-15(9-11-17)19-13-23-27-21(19)24-20(26)16-5-4-12-25(14-16)18-6-2-1-3-7-18/h8-11,13,16,18H,1-7,12,14H2,(H,24,26). The summed E-state index contributed by atoms with van der Waals surface area (Å²) in [5.74, 6) is 0.448. The predicted octanol–water partition coefficient (Wildman–Crippen LogP) is 4.98. The van der Waals surface area contributed by atoms with Gasteiger partial charge in [-0.2, -0.15) is 0 Å².